The van der Waals surface area contributed by atoms with E-state index in [9.17, 15) is 18.8 Å². The summed E-state index contributed by atoms with van der Waals surface area (Å²) in [6, 6.07) is 18.9. The summed E-state index contributed by atoms with van der Waals surface area (Å²) >= 11 is 6.14. The summed E-state index contributed by atoms with van der Waals surface area (Å²) in [6.07, 6.45) is 0.903. The predicted molar refractivity (Wildman–Crippen MR) is 126 cm³/mol. The molecule has 6 nitrogen and oxygen atoms in total. The molecule has 3 aromatic rings. The molecule has 33 heavy (non-hydrogen) atoms. The summed E-state index contributed by atoms with van der Waals surface area (Å²) in [5.74, 6) is -2.22. The summed E-state index contributed by atoms with van der Waals surface area (Å²) in [7, 11) is 0. The maximum Gasteiger partial charge on any atom is 0.283 e. The van der Waals surface area contributed by atoms with Gasteiger partial charge in [0.1, 0.15) is 16.5 Å². The minimum Gasteiger partial charge on any atom is -0.350 e. The van der Waals surface area contributed by atoms with Crippen molar-refractivity contribution in [1.29, 1.82) is 0 Å². The molecule has 1 aliphatic heterocycles. The molecule has 0 spiro atoms. The third-order valence-corrected chi connectivity index (χ3v) is 5.48. The van der Waals surface area contributed by atoms with Crippen LogP contribution in [0.4, 0.5) is 21.5 Å². The van der Waals surface area contributed by atoms with E-state index in [-0.39, 0.29) is 22.3 Å². The predicted octanol–water partition coefficient (Wildman–Crippen LogP) is 5.08. The van der Waals surface area contributed by atoms with Crippen molar-refractivity contribution in [3.05, 3.63) is 100 Å². The Morgan fingerprint density at radius 1 is 0.939 bits per heavy atom. The highest BCUT2D eigenvalue weighted by Crippen LogP contribution is 2.30. The van der Waals surface area contributed by atoms with E-state index in [1.807, 2.05) is 24.3 Å². The van der Waals surface area contributed by atoms with Gasteiger partial charge in [-0.05, 0) is 66.6 Å². The number of benzene rings is 3. The Bertz CT molecular complexity index is 1270. The lowest BCUT2D eigenvalue weighted by molar-refractivity contribution is -0.120. The molecule has 1 aliphatic rings. The van der Waals surface area contributed by atoms with Gasteiger partial charge >= 0.3 is 0 Å². The average Bonchev–Trinajstić information content (AvgIpc) is 3.03. The van der Waals surface area contributed by atoms with E-state index in [1.165, 1.54) is 12.1 Å². The van der Waals surface area contributed by atoms with Crippen LogP contribution < -0.4 is 15.5 Å². The van der Waals surface area contributed by atoms with Crippen molar-refractivity contribution < 1.29 is 18.8 Å². The minimum absolute atomic E-state index is 0.126. The lowest BCUT2D eigenvalue weighted by Gasteiger charge is -2.15. The molecule has 0 bridgehead atoms. The summed E-state index contributed by atoms with van der Waals surface area (Å²) in [6.45, 7) is 2.05. The Morgan fingerprint density at radius 3 is 2.30 bits per heavy atom. The van der Waals surface area contributed by atoms with Crippen LogP contribution in [0.3, 0.4) is 0 Å². The maximum absolute atomic E-state index is 13.2. The second kappa shape index (κ2) is 9.26. The Kier molecular flexibility index (Phi) is 6.24. The first-order valence-electron chi connectivity index (χ1n) is 10.2. The number of amides is 3. The van der Waals surface area contributed by atoms with Crippen LogP contribution in [-0.4, -0.2) is 17.7 Å². The highest BCUT2D eigenvalue weighted by molar-refractivity contribution is 6.53. The van der Waals surface area contributed by atoms with Gasteiger partial charge in [0, 0.05) is 16.9 Å². The van der Waals surface area contributed by atoms with Gasteiger partial charge < -0.3 is 10.6 Å². The molecule has 0 unspecified atom stereocenters. The van der Waals surface area contributed by atoms with Crippen LogP contribution in [0.25, 0.3) is 0 Å². The number of nitrogens with one attached hydrogen (secondary N) is 2. The third-order valence-electron chi connectivity index (χ3n) is 5.13. The van der Waals surface area contributed by atoms with E-state index >= 15 is 0 Å². The summed E-state index contributed by atoms with van der Waals surface area (Å²) in [5, 5.41) is 5.36. The number of aryl methyl sites for hydroxylation is 1. The smallest absolute Gasteiger partial charge is 0.283 e. The number of anilines is 3. The second-order valence-electron chi connectivity index (χ2n) is 7.32. The van der Waals surface area contributed by atoms with Gasteiger partial charge in [0.15, 0.2) is 0 Å². The van der Waals surface area contributed by atoms with Crippen molar-refractivity contribution in [2.45, 2.75) is 13.3 Å². The van der Waals surface area contributed by atoms with Crippen molar-refractivity contribution in [1.82, 2.24) is 0 Å². The number of hydrogen-bond donors (Lipinski definition) is 2. The van der Waals surface area contributed by atoms with Crippen molar-refractivity contribution in [3.8, 4) is 0 Å². The largest absolute Gasteiger partial charge is 0.350 e. The van der Waals surface area contributed by atoms with Crippen LogP contribution in [0, 0.1) is 5.82 Å². The van der Waals surface area contributed by atoms with Crippen LogP contribution in [0.5, 0.6) is 0 Å². The van der Waals surface area contributed by atoms with Crippen LogP contribution in [0.2, 0.25) is 0 Å². The highest BCUT2D eigenvalue weighted by atomic mass is 35.5. The fourth-order valence-electron chi connectivity index (χ4n) is 3.35. The zero-order valence-electron chi connectivity index (χ0n) is 17.6. The molecule has 166 valence electrons. The van der Waals surface area contributed by atoms with Crippen LogP contribution in [0.1, 0.15) is 22.8 Å². The van der Waals surface area contributed by atoms with Crippen LogP contribution >= 0.6 is 11.6 Å². The number of imide groups is 1. The Balaban J connectivity index is 1.51. The fraction of sp³-hybridized carbons (Fsp3) is 0.0800. The van der Waals surface area contributed by atoms with Gasteiger partial charge in [0.25, 0.3) is 17.7 Å². The van der Waals surface area contributed by atoms with Gasteiger partial charge in [0.2, 0.25) is 0 Å². The van der Waals surface area contributed by atoms with E-state index in [4.69, 9.17) is 11.6 Å². The lowest BCUT2D eigenvalue weighted by Crippen LogP contribution is -2.32. The first-order chi connectivity index (χ1) is 15.9. The summed E-state index contributed by atoms with van der Waals surface area (Å²) < 4.78 is 13.2. The monoisotopic (exact) mass is 463 g/mol. The van der Waals surface area contributed by atoms with Crippen molar-refractivity contribution in [3.63, 3.8) is 0 Å². The van der Waals surface area contributed by atoms with Crippen LogP contribution in [0.15, 0.2) is 83.5 Å². The summed E-state index contributed by atoms with van der Waals surface area (Å²) in [4.78, 5) is 38.9. The van der Waals surface area contributed by atoms with Gasteiger partial charge in [-0.15, -0.1) is 0 Å². The summed E-state index contributed by atoms with van der Waals surface area (Å²) in [5.41, 5.74) is 2.65. The standard InChI is InChI=1S/C25H19ClFN3O3/c1-2-15-6-10-18(11-7-15)29-23(31)16-4-3-5-19(14-16)28-22-21(26)24(32)30(25(22)33)20-12-8-17(27)9-13-20/h3-14,28H,2H2,1H3,(H,29,31). The second-order valence-corrected chi connectivity index (χ2v) is 7.70. The molecule has 0 atom stereocenters. The van der Waals surface area contributed by atoms with E-state index < -0.39 is 17.6 Å². The molecular formula is C25H19ClFN3O3. The van der Waals surface area contributed by atoms with E-state index in [0.717, 1.165) is 29.0 Å². The third kappa shape index (κ3) is 4.63. The normalized spacial score (nSPS) is 13.5. The van der Waals surface area contributed by atoms with Gasteiger partial charge in [-0.1, -0.05) is 36.7 Å². The SMILES string of the molecule is CCc1ccc(NC(=O)c2cccc(NC3=C(Cl)C(=O)N(c4ccc(F)cc4)C3=O)c2)cc1. The molecule has 0 saturated carbocycles. The number of nitrogens with zero attached hydrogens (tertiary/aromatic N) is 1. The molecule has 2 N–H and O–H groups in total. The molecule has 8 heteroatoms. The Hall–Kier alpha value is -3.97. The molecule has 0 fully saturated rings. The van der Waals surface area contributed by atoms with Crippen LogP contribution in [-0.2, 0) is 16.0 Å². The molecular weight excluding hydrogens is 445 g/mol. The topological polar surface area (TPSA) is 78.5 Å². The number of carbonyl (C=O) groups excluding carboxylic acids is 3. The first kappa shape index (κ1) is 22.2. The Morgan fingerprint density at radius 2 is 1.64 bits per heavy atom. The molecule has 4 rings (SSSR count). The maximum atomic E-state index is 13.2. The molecule has 0 aromatic heterocycles. The zero-order valence-corrected chi connectivity index (χ0v) is 18.3. The van der Waals surface area contributed by atoms with Gasteiger partial charge in [-0.25, -0.2) is 9.29 Å². The number of rotatable bonds is 6. The molecule has 0 radical (unpaired) electrons. The fourth-order valence-corrected chi connectivity index (χ4v) is 3.56. The van der Waals surface area contributed by atoms with Gasteiger partial charge in [0.05, 0.1) is 5.69 Å². The Labute approximate surface area is 194 Å². The average molecular weight is 464 g/mol. The van der Waals surface area contributed by atoms with Crippen molar-refractivity contribution in [2.75, 3.05) is 15.5 Å². The zero-order chi connectivity index (χ0) is 23.5. The van der Waals surface area contributed by atoms with Gasteiger partial charge in [-0.3, -0.25) is 14.4 Å². The minimum atomic E-state index is -0.722. The van der Waals surface area contributed by atoms with E-state index in [2.05, 4.69) is 17.6 Å². The molecule has 0 saturated heterocycles. The van der Waals surface area contributed by atoms with E-state index in [0.29, 0.717) is 16.9 Å². The van der Waals surface area contributed by atoms with Crippen molar-refractivity contribution >= 4 is 46.4 Å². The lowest BCUT2D eigenvalue weighted by atomic mass is 10.1. The highest BCUT2D eigenvalue weighted by Gasteiger charge is 2.39. The molecule has 1 heterocycles. The molecule has 3 amide bonds. The number of hydrogen-bond acceptors (Lipinski definition) is 4. The number of carbonyl (C=O) groups is 3. The quantitative estimate of drug-likeness (QED) is 0.500. The molecule has 0 aliphatic carbocycles. The molecule has 3 aromatic carbocycles. The first-order valence-corrected chi connectivity index (χ1v) is 10.6. The van der Waals surface area contributed by atoms with Gasteiger partial charge in [-0.2, -0.15) is 0 Å². The van der Waals surface area contributed by atoms with E-state index in [1.54, 1.807) is 24.3 Å². The number of halogens is 2. The van der Waals surface area contributed by atoms with Crippen molar-refractivity contribution in [2.24, 2.45) is 0 Å².